The summed E-state index contributed by atoms with van der Waals surface area (Å²) in [5.74, 6) is 0. The highest BCUT2D eigenvalue weighted by atomic mass is 32.1. The molecule has 9 rings (SSSR count). The highest BCUT2D eigenvalue weighted by Gasteiger charge is 2.36. The fourth-order valence-corrected chi connectivity index (χ4v) is 9.55. The first-order chi connectivity index (χ1) is 25.5. The molecule has 0 radical (unpaired) electrons. The van der Waals surface area contributed by atoms with Gasteiger partial charge >= 0.3 is 0 Å². The molecule has 0 spiro atoms. The van der Waals surface area contributed by atoms with E-state index in [4.69, 9.17) is 9.97 Å². The normalized spacial score (nSPS) is 18.4. The van der Waals surface area contributed by atoms with Crippen LogP contribution >= 0.6 is 22.7 Å². The van der Waals surface area contributed by atoms with Crippen LogP contribution < -0.4 is 0 Å². The lowest BCUT2D eigenvalue weighted by molar-refractivity contribution is 0.0260. The van der Waals surface area contributed by atoms with Gasteiger partial charge in [-0.1, -0.05) is 121 Å². The number of thiophene rings is 2. The molecule has 3 aromatic heterocycles. The van der Waals surface area contributed by atoms with Crippen molar-refractivity contribution < 1.29 is 20.4 Å². The van der Waals surface area contributed by atoms with E-state index in [0.29, 0.717) is 45.0 Å². The summed E-state index contributed by atoms with van der Waals surface area (Å²) >= 11 is 2.97. The zero-order chi connectivity index (χ0) is 35.3. The molecular formula is C44H32N2O4S2. The van der Waals surface area contributed by atoms with Gasteiger partial charge in [-0.15, -0.1) is 22.7 Å². The van der Waals surface area contributed by atoms with Crippen molar-refractivity contribution in [2.45, 2.75) is 24.4 Å². The van der Waals surface area contributed by atoms with Crippen molar-refractivity contribution in [2.75, 3.05) is 0 Å². The number of aliphatic hydroxyl groups excluding tert-OH is 4. The summed E-state index contributed by atoms with van der Waals surface area (Å²) < 4.78 is 3.29. The molecule has 0 saturated heterocycles. The number of hydrogen-bond donors (Lipinski definition) is 4. The predicted octanol–water partition coefficient (Wildman–Crippen LogP) is 9.98. The minimum atomic E-state index is -1.29. The Hall–Kier alpha value is -5.32. The van der Waals surface area contributed by atoms with Crippen LogP contribution in [0.5, 0.6) is 0 Å². The molecule has 4 N–H and O–H groups in total. The lowest BCUT2D eigenvalue weighted by Gasteiger charge is -2.13. The minimum absolute atomic E-state index is 0.376. The maximum atomic E-state index is 11.9. The maximum absolute atomic E-state index is 11.9. The summed E-state index contributed by atoms with van der Waals surface area (Å²) in [6, 6.07) is 47.1. The molecule has 0 aliphatic carbocycles. The van der Waals surface area contributed by atoms with Crippen LogP contribution in [0.25, 0.3) is 63.3 Å². The van der Waals surface area contributed by atoms with Crippen molar-refractivity contribution in [2.24, 2.45) is 0 Å². The highest BCUT2D eigenvalue weighted by molar-refractivity contribution is 7.24. The number of aliphatic hydroxyl groups is 4. The third-order valence-electron chi connectivity index (χ3n) is 9.67. The molecule has 8 bridgehead atoms. The second-order valence-electron chi connectivity index (χ2n) is 12.8. The second-order valence-corrected chi connectivity index (χ2v) is 15.0. The molecule has 5 heterocycles. The molecule has 8 heteroatoms. The van der Waals surface area contributed by atoms with Gasteiger partial charge in [0.15, 0.2) is 0 Å². The number of aromatic nitrogens is 2. The van der Waals surface area contributed by atoms with Gasteiger partial charge in [-0.2, -0.15) is 0 Å². The molecule has 4 atom stereocenters. The average molecular weight is 717 g/mol. The van der Waals surface area contributed by atoms with E-state index in [0.717, 1.165) is 41.1 Å². The standard InChI is InChI=1S/C44H32N2O4S2/c47-41-37-33(25-13-5-1-6-14-25)29-21-22-30(51-29)34(26-15-7-2-8-16-26)39-43(49)44(50)40(46-39)36(28-19-11-4-12-20-28)32-24-23-31(52-32)35(38(45-37)42(41)48)27-17-9-3-10-18-27/h1-24,41-44,47-50H/t41-,42+,43?,44?. The largest absolute Gasteiger partial charge is 0.384 e. The van der Waals surface area contributed by atoms with E-state index in [1.54, 1.807) is 0 Å². The Morgan fingerprint density at radius 3 is 0.731 bits per heavy atom. The van der Waals surface area contributed by atoms with Gasteiger partial charge in [0.05, 0.1) is 22.8 Å². The molecule has 52 heavy (non-hydrogen) atoms. The number of nitrogens with zero attached hydrogens (tertiary/aromatic N) is 2. The quantitative estimate of drug-likeness (QED) is 0.145. The lowest BCUT2D eigenvalue weighted by Crippen LogP contribution is -2.05. The van der Waals surface area contributed by atoms with Crippen molar-refractivity contribution in [3.8, 4) is 44.5 Å². The van der Waals surface area contributed by atoms with Crippen LogP contribution in [0.2, 0.25) is 0 Å². The van der Waals surface area contributed by atoms with Crippen LogP contribution in [-0.4, -0.2) is 30.4 Å². The predicted molar refractivity (Wildman–Crippen MR) is 210 cm³/mol. The van der Waals surface area contributed by atoms with Crippen molar-refractivity contribution in [1.29, 1.82) is 0 Å². The smallest absolute Gasteiger partial charge is 0.128 e. The number of fused-ring (bicyclic) bond motifs is 8. The Kier molecular flexibility index (Phi) is 8.36. The summed E-state index contributed by atoms with van der Waals surface area (Å²) in [5.41, 5.74) is 7.70. The summed E-state index contributed by atoms with van der Waals surface area (Å²) in [6.45, 7) is 0. The summed E-state index contributed by atoms with van der Waals surface area (Å²) in [6.07, 6.45) is -5.16. The van der Waals surface area contributed by atoms with Crippen LogP contribution in [0.4, 0.5) is 0 Å². The minimum Gasteiger partial charge on any atom is -0.384 e. The maximum Gasteiger partial charge on any atom is 0.128 e. The SMILES string of the molecule is OC1c2nc(c(-c3ccccc3)c3ccc(s3)c(-c3ccccc3)c3nc(c(-c4ccccc4)c4ccc(s4)c2-c2ccccc2)[C@@H](O)[C@H]3O)C1O. The van der Waals surface area contributed by atoms with Gasteiger partial charge in [-0.3, -0.25) is 9.97 Å². The van der Waals surface area contributed by atoms with Gasteiger partial charge in [-0.05, 0) is 46.5 Å². The zero-order valence-corrected chi connectivity index (χ0v) is 29.3. The topological polar surface area (TPSA) is 107 Å². The zero-order valence-electron chi connectivity index (χ0n) is 27.7. The van der Waals surface area contributed by atoms with Crippen LogP contribution in [0.3, 0.4) is 0 Å². The van der Waals surface area contributed by atoms with E-state index >= 15 is 0 Å². The van der Waals surface area contributed by atoms with E-state index in [1.165, 1.54) is 22.7 Å². The highest BCUT2D eigenvalue weighted by Crippen LogP contribution is 2.49. The third kappa shape index (κ3) is 5.48. The fraction of sp³-hybridized carbons (Fsp3) is 0.0909. The van der Waals surface area contributed by atoms with Crippen molar-refractivity contribution >= 4 is 41.5 Å². The summed E-state index contributed by atoms with van der Waals surface area (Å²) in [4.78, 5) is 10.3. The molecule has 0 fully saturated rings. The van der Waals surface area contributed by atoms with Crippen LogP contribution in [0, 0.1) is 0 Å². The Morgan fingerprint density at radius 2 is 0.519 bits per heavy atom. The molecule has 4 aromatic carbocycles. The molecule has 254 valence electrons. The van der Waals surface area contributed by atoms with Crippen molar-refractivity contribution in [3.05, 3.63) is 168 Å². The Morgan fingerprint density at radius 1 is 0.308 bits per heavy atom. The molecule has 2 aliphatic rings. The van der Waals surface area contributed by atoms with Crippen molar-refractivity contribution in [3.63, 3.8) is 0 Å². The number of benzene rings is 4. The van der Waals surface area contributed by atoms with Gasteiger partial charge in [-0.25, -0.2) is 0 Å². The number of hydrogen-bond acceptors (Lipinski definition) is 8. The molecule has 2 unspecified atom stereocenters. The molecule has 2 aliphatic heterocycles. The summed E-state index contributed by atoms with van der Waals surface area (Å²) in [7, 11) is 0. The van der Waals surface area contributed by atoms with E-state index in [9.17, 15) is 20.4 Å². The Bertz CT molecular complexity index is 2240. The van der Waals surface area contributed by atoms with Gasteiger partial charge in [0.1, 0.15) is 24.4 Å². The van der Waals surface area contributed by atoms with E-state index < -0.39 is 24.4 Å². The first kappa shape index (κ1) is 32.6. The Labute approximate surface area is 307 Å². The molecule has 0 amide bonds. The van der Waals surface area contributed by atoms with Gasteiger partial charge in [0.2, 0.25) is 0 Å². The lowest BCUT2D eigenvalue weighted by atomic mass is 9.97. The second kappa shape index (κ2) is 13.3. The first-order valence-corrected chi connectivity index (χ1v) is 18.7. The molecule has 7 aromatic rings. The van der Waals surface area contributed by atoms with Gasteiger partial charge < -0.3 is 20.4 Å². The van der Waals surface area contributed by atoms with E-state index in [1.807, 2.05) is 146 Å². The van der Waals surface area contributed by atoms with Gasteiger partial charge in [0, 0.05) is 41.1 Å². The monoisotopic (exact) mass is 716 g/mol. The van der Waals surface area contributed by atoms with E-state index in [2.05, 4.69) is 0 Å². The van der Waals surface area contributed by atoms with Crippen molar-refractivity contribution in [1.82, 2.24) is 9.97 Å². The van der Waals surface area contributed by atoms with Crippen LogP contribution in [0.15, 0.2) is 146 Å². The molecular weight excluding hydrogens is 685 g/mol. The number of rotatable bonds is 4. The van der Waals surface area contributed by atoms with Crippen LogP contribution in [0.1, 0.15) is 47.2 Å². The fourth-order valence-electron chi connectivity index (χ4n) is 7.24. The average Bonchev–Trinajstić information content (AvgIpc) is 3.98. The Balaban J connectivity index is 1.53. The third-order valence-corrected chi connectivity index (χ3v) is 11.9. The van der Waals surface area contributed by atoms with Gasteiger partial charge in [0.25, 0.3) is 0 Å². The molecule has 0 saturated carbocycles. The van der Waals surface area contributed by atoms with E-state index in [-0.39, 0.29) is 0 Å². The first-order valence-electron chi connectivity index (χ1n) is 17.0. The molecule has 6 nitrogen and oxygen atoms in total. The summed E-state index contributed by atoms with van der Waals surface area (Å²) in [5, 5.41) is 47.5. The van der Waals surface area contributed by atoms with Crippen LogP contribution in [-0.2, 0) is 0 Å².